The number of morpholine rings is 1. The third-order valence-corrected chi connectivity index (χ3v) is 1.41. The van der Waals surface area contributed by atoms with Gasteiger partial charge < -0.3 is 9.64 Å². The van der Waals surface area contributed by atoms with Gasteiger partial charge in [-0.2, -0.15) is 0 Å². The summed E-state index contributed by atoms with van der Waals surface area (Å²) >= 11 is 0. The molecule has 0 spiro atoms. The predicted octanol–water partition coefficient (Wildman–Crippen LogP) is 0.490. The largest absolute Gasteiger partial charge is 0.373 e. The van der Waals surface area contributed by atoms with Crippen LogP contribution in [0.2, 0.25) is 0 Å². The van der Waals surface area contributed by atoms with Gasteiger partial charge in [-0.1, -0.05) is 6.58 Å². The van der Waals surface area contributed by atoms with Gasteiger partial charge in [-0.3, -0.25) is 4.99 Å². The highest BCUT2D eigenvalue weighted by Gasteiger charge is 2.09. The molecule has 1 heterocycles. The first-order valence-electron chi connectivity index (χ1n) is 3.29. The van der Waals surface area contributed by atoms with Crippen LogP contribution in [0.15, 0.2) is 17.3 Å². The van der Waals surface area contributed by atoms with Crippen LogP contribution >= 0.6 is 0 Å². The van der Waals surface area contributed by atoms with Gasteiger partial charge in [-0.05, 0) is 0 Å². The number of aliphatic imine (C=N–C) groups is 1. The molecule has 56 valence electrons. The van der Waals surface area contributed by atoms with Crippen molar-refractivity contribution in [3.05, 3.63) is 12.3 Å². The first-order chi connectivity index (χ1) is 4.84. The molecule has 3 heteroatoms. The van der Waals surface area contributed by atoms with E-state index in [0.717, 1.165) is 18.8 Å². The fraction of sp³-hybridized carbons (Fsp3) is 0.571. The molecule has 1 aliphatic heterocycles. The molecule has 10 heavy (non-hydrogen) atoms. The fourth-order valence-electron chi connectivity index (χ4n) is 0.873. The van der Waals surface area contributed by atoms with Crippen molar-refractivity contribution in [3.8, 4) is 0 Å². The van der Waals surface area contributed by atoms with Crippen LogP contribution in [0.1, 0.15) is 0 Å². The summed E-state index contributed by atoms with van der Waals surface area (Å²) in [5, 5.41) is 0. The second kappa shape index (κ2) is 3.37. The lowest BCUT2D eigenvalue weighted by Gasteiger charge is -2.26. The Hall–Kier alpha value is -0.830. The first kappa shape index (κ1) is 7.28. The Kier molecular flexibility index (Phi) is 2.45. The predicted molar refractivity (Wildman–Crippen MR) is 41.1 cm³/mol. The third-order valence-electron chi connectivity index (χ3n) is 1.41. The molecule has 0 saturated carbocycles. The topological polar surface area (TPSA) is 24.8 Å². The molecular weight excluding hydrogens is 128 g/mol. The van der Waals surface area contributed by atoms with E-state index in [9.17, 15) is 0 Å². The molecule has 1 aliphatic rings. The van der Waals surface area contributed by atoms with Crippen LogP contribution in [0.3, 0.4) is 0 Å². The van der Waals surface area contributed by atoms with Crippen LogP contribution in [0.25, 0.3) is 0 Å². The van der Waals surface area contributed by atoms with Crippen LogP contribution in [0.4, 0.5) is 0 Å². The molecule has 0 aromatic heterocycles. The van der Waals surface area contributed by atoms with Gasteiger partial charge in [0, 0.05) is 19.3 Å². The second-order valence-corrected chi connectivity index (χ2v) is 2.19. The third kappa shape index (κ3) is 1.57. The molecule has 0 amide bonds. The van der Waals surface area contributed by atoms with Gasteiger partial charge in [0.05, 0.1) is 19.6 Å². The van der Waals surface area contributed by atoms with Crippen molar-refractivity contribution in [3.63, 3.8) is 0 Å². The maximum atomic E-state index is 5.16. The molecule has 0 bridgehead atoms. The Morgan fingerprint density at radius 1 is 1.80 bits per heavy atom. The lowest BCUT2D eigenvalue weighted by molar-refractivity contribution is 0.101. The highest BCUT2D eigenvalue weighted by atomic mass is 16.5. The Morgan fingerprint density at radius 3 is 3.20 bits per heavy atom. The molecule has 3 nitrogen and oxygen atoms in total. The van der Waals surface area contributed by atoms with Crippen LogP contribution in [-0.2, 0) is 4.74 Å². The smallest absolute Gasteiger partial charge is 0.0889 e. The van der Waals surface area contributed by atoms with Gasteiger partial charge in [-0.25, -0.2) is 0 Å². The summed E-state index contributed by atoms with van der Waals surface area (Å²) in [4.78, 5) is 5.90. The first-order valence-corrected chi connectivity index (χ1v) is 3.29. The van der Waals surface area contributed by atoms with E-state index in [1.165, 1.54) is 0 Å². The van der Waals surface area contributed by atoms with Crippen molar-refractivity contribution < 1.29 is 4.74 Å². The summed E-state index contributed by atoms with van der Waals surface area (Å²) in [5.74, 6) is 0. The number of nitrogens with zero attached hydrogens (tertiary/aromatic N) is 2. The molecule has 0 radical (unpaired) electrons. The molecule has 1 rings (SSSR count). The van der Waals surface area contributed by atoms with Crippen molar-refractivity contribution in [2.24, 2.45) is 4.99 Å². The number of ether oxygens (including phenoxy) is 1. The monoisotopic (exact) mass is 140 g/mol. The summed E-state index contributed by atoms with van der Waals surface area (Å²) in [5.41, 5.74) is 0.983. The summed E-state index contributed by atoms with van der Waals surface area (Å²) in [6.07, 6.45) is 1.78. The second-order valence-electron chi connectivity index (χ2n) is 2.19. The Labute approximate surface area is 61.0 Å². The van der Waals surface area contributed by atoms with Gasteiger partial charge in [0.15, 0.2) is 0 Å². The maximum Gasteiger partial charge on any atom is 0.0889 e. The van der Waals surface area contributed by atoms with E-state index in [4.69, 9.17) is 4.74 Å². The number of rotatable bonds is 1. The Bertz CT molecular complexity index is 154. The molecule has 1 fully saturated rings. The zero-order valence-corrected chi connectivity index (χ0v) is 6.21. The van der Waals surface area contributed by atoms with E-state index >= 15 is 0 Å². The minimum Gasteiger partial charge on any atom is -0.373 e. The number of hydrogen-bond acceptors (Lipinski definition) is 2. The molecule has 0 atom stereocenters. The van der Waals surface area contributed by atoms with Crippen LogP contribution in [0.5, 0.6) is 0 Å². The average Bonchev–Trinajstić information content (AvgIpc) is 1.94. The normalized spacial score (nSPS) is 20.5. The van der Waals surface area contributed by atoms with E-state index in [-0.39, 0.29) is 0 Å². The summed E-state index contributed by atoms with van der Waals surface area (Å²) in [7, 11) is 1.75. The van der Waals surface area contributed by atoms with E-state index in [0.29, 0.717) is 6.61 Å². The minimum atomic E-state index is 0.631. The van der Waals surface area contributed by atoms with E-state index in [1.54, 1.807) is 13.4 Å². The van der Waals surface area contributed by atoms with Gasteiger partial charge in [0.25, 0.3) is 0 Å². The lowest BCUT2D eigenvalue weighted by Crippen LogP contribution is -2.32. The Morgan fingerprint density at radius 2 is 2.60 bits per heavy atom. The summed E-state index contributed by atoms with van der Waals surface area (Å²) < 4.78 is 5.16. The Balaban J connectivity index is 2.48. The molecule has 0 aromatic rings. The molecule has 0 aromatic carbocycles. The molecule has 0 unspecified atom stereocenters. The maximum absolute atomic E-state index is 5.16. The zero-order valence-electron chi connectivity index (χ0n) is 6.21. The lowest BCUT2D eigenvalue weighted by atomic mass is 10.4. The zero-order chi connectivity index (χ0) is 7.40. The molecular formula is C7H12N2O. The van der Waals surface area contributed by atoms with Gasteiger partial charge in [-0.15, -0.1) is 0 Å². The van der Waals surface area contributed by atoms with E-state index in [2.05, 4.69) is 11.6 Å². The summed E-state index contributed by atoms with van der Waals surface area (Å²) in [6, 6.07) is 0. The van der Waals surface area contributed by atoms with Gasteiger partial charge in [0.1, 0.15) is 0 Å². The SMILES string of the molecule is C=C1COCCN1/C=N\C. The molecule has 1 saturated heterocycles. The van der Waals surface area contributed by atoms with Crippen LogP contribution < -0.4 is 0 Å². The van der Waals surface area contributed by atoms with Gasteiger partial charge in [0.2, 0.25) is 0 Å². The fourth-order valence-corrected chi connectivity index (χ4v) is 0.873. The van der Waals surface area contributed by atoms with Crippen molar-refractivity contribution in [1.82, 2.24) is 4.90 Å². The highest BCUT2D eigenvalue weighted by Crippen LogP contribution is 2.04. The average molecular weight is 140 g/mol. The van der Waals surface area contributed by atoms with Crippen molar-refractivity contribution >= 4 is 6.34 Å². The highest BCUT2D eigenvalue weighted by molar-refractivity contribution is 5.57. The van der Waals surface area contributed by atoms with Crippen LogP contribution in [0, 0.1) is 0 Å². The van der Waals surface area contributed by atoms with E-state index < -0.39 is 0 Å². The molecule has 0 aliphatic carbocycles. The molecule has 0 N–H and O–H groups in total. The van der Waals surface area contributed by atoms with Gasteiger partial charge >= 0.3 is 0 Å². The van der Waals surface area contributed by atoms with E-state index in [1.807, 2.05) is 4.90 Å². The van der Waals surface area contributed by atoms with Crippen molar-refractivity contribution in [1.29, 1.82) is 0 Å². The standard InChI is InChI=1S/C7H12N2O/c1-7-5-10-4-3-9(7)6-8-2/h6H,1,3-5H2,2H3/b8-6-. The minimum absolute atomic E-state index is 0.631. The van der Waals surface area contributed by atoms with Crippen LogP contribution in [-0.4, -0.2) is 38.0 Å². The number of hydrogen-bond donors (Lipinski definition) is 0. The van der Waals surface area contributed by atoms with Crippen molar-refractivity contribution in [2.75, 3.05) is 26.8 Å². The summed E-state index contributed by atoms with van der Waals surface area (Å²) in [6.45, 7) is 6.09. The quantitative estimate of drug-likeness (QED) is 0.391. The van der Waals surface area contributed by atoms with Crippen molar-refractivity contribution in [2.45, 2.75) is 0 Å².